The first-order valence-corrected chi connectivity index (χ1v) is 7.17. The second-order valence-electron chi connectivity index (χ2n) is 5.50. The molecule has 0 spiro atoms. The smallest absolute Gasteiger partial charge is 0.223 e. The van der Waals surface area contributed by atoms with E-state index < -0.39 is 6.10 Å². The molecule has 110 valence electrons. The monoisotopic (exact) mass is 277 g/mol. The maximum Gasteiger partial charge on any atom is 0.223 e. The van der Waals surface area contributed by atoms with E-state index >= 15 is 0 Å². The number of carbonyl (C=O) groups is 1. The van der Waals surface area contributed by atoms with Gasteiger partial charge < -0.3 is 14.7 Å². The maximum absolute atomic E-state index is 12.0. The summed E-state index contributed by atoms with van der Waals surface area (Å²) in [6.07, 6.45) is 1.17. The molecule has 1 fully saturated rings. The molecule has 0 radical (unpaired) electrons. The second kappa shape index (κ2) is 6.27. The van der Waals surface area contributed by atoms with E-state index in [0.717, 1.165) is 29.8 Å². The van der Waals surface area contributed by atoms with E-state index in [-0.39, 0.29) is 5.91 Å². The lowest BCUT2D eigenvalue weighted by molar-refractivity contribution is -0.128. The molecule has 1 N–H and O–H groups in total. The molecule has 2 rings (SSSR count). The van der Waals surface area contributed by atoms with Gasteiger partial charge in [-0.2, -0.15) is 0 Å². The predicted octanol–water partition coefficient (Wildman–Crippen LogP) is 2.51. The van der Waals surface area contributed by atoms with Gasteiger partial charge in [-0.1, -0.05) is 19.4 Å². The molecule has 1 aliphatic rings. The minimum Gasteiger partial charge on any atom is -0.496 e. The zero-order valence-corrected chi connectivity index (χ0v) is 12.4. The maximum atomic E-state index is 12.0. The molecule has 0 saturated carbocycles. The third-order valence-corrected chi connectivity index (χ3v) is 4.02. The van der Waals surface area contributed by atoms with Crippen molar-refractivity contribution in [2.24, 2.45) is 5.92 Å². The fourth-order valence-electron chi connectivity index (χ4n) is 2.67. The average molecular weight is 277 g/mol. The van der Waals surface area contributed by atoms with Crippen LogP contribution in [0.2, 0.25) is 0 Å². The Morgan fingerprint density at radius 1 is 1.50 bits per heavy atom. The highest BCUT2D eigenvalue weighted by atomic mass is 16.5. The molecule has 4 nitrogen and oxygen atoms in total. The van der Waals surface area contributed by atoms with E-state index in [1.807, 2.05) is 23.1 Å². The molecule has 1 aromatic rings. The van der Waals surface area contributed by atoms with E-state index in [1.54, 1.807) is 14.0 Å². The van der Waals surface area contributed by atoms with Gasteiger partial charge in [0.15, 0.2) is 0 Å². The van der Waals surface area contributed by atoms with Crippen molar-refractivity contribution < 1.29 is 14.6 Å². The van der Waals surface area contributed by atoms with Crippen LogP contribution in [0.3, 0.4) is 0 Å². The number of rotatable bonds is 5. The Hall–Kier alpha value is -1.55. The first-order chi connectivity index (χ1) is 9.55. The predicted molar refractivity (Wildman–Crippen MR) is 77.4 cm³/mol. The third-order valence-electron chi connectivity index (χ3n) is 4.02. The van der Waals surface area contributed by atoms with Crippen molar-refractivity contribution in [2.75, 3.05) is 13.7 Å². The van der Waals surface area contributed by atoms with Gasteiger partial charge in [0, 0.05) is 25.1 Å². The van der Waals surface area contributed by atoms with Crippen LogP contribution in [0.25, 0.3) is 0 Å². The van der Waals surface area contributed by atoms with Gasteiger partial charge in [-0.15, -0.1) is 0 Å². The van der Waals surface area contributed by atoms with E-state index in [4.69, 9.17) is 4.74 Å². The highest BCUT2D eigenvalue weighted by Crippen LogP contribution is 2.28. The summed E-state index contributed by atoms with van der Waals surface area (Å²) in [7, 11) is 1.63. The molecule has 20 heavy (non-hydrogen) atoms. The SMILES string of the molecule is CCC1CC(=O)N(Cc2cc(C(C)O)ccc2OC)C1. The van der Waals surface area contributed by atoms with Gasteiger partial charge in [0.25, 0.3) is 0 Å². The first-order valence-electron chi connectivity index (χ1n) is 7.17. The van der Waals surface area contributed by atoms with Crippen LogP contribution in [0.1, 0.15) is 43.9 Å². The molecule has 0 aliphatic carbocycles. The number of amides is 1. The molecule has 0 bridgehead atoms. The molecule has 2 unspecified atom stereocenters. The molecule has 1 heterocycles. The van der Waals surface area contributed by atoms with Crippen LogP contribution < -0.4 is 4.74 Å². The van der Waals surface area contributed by atoms with Gasteiger partial charge in [0.2, 0.25) is 5.91 Å². The number of hydrogen-bond donors (Lipinski definition) is 1. The van der Waals surface area contributed by atoms with E-state index in [1.165, 1.54) is 0 Å². The van der Waals surface area contributed by atoms with Crippen LogP contribution in [0.5, 0.6) is 5.75 Å². The molecular formula is C16H23NO3. The number of nitrogens with zero attached hydrogens (tertiary/aromatic N) is 1. The number of ether oxygens (including phenoxy) is 1. The number of carbonyl (C=O) groups excluding carboxylic acids is 1. The van der Waals surface area contributed by atoms with Crippen molar-refractivity contribution in [3.63, 3.8) is 0 Å². The summed E-state index contributed by atoms with van der Waals surface area (Å²) in [6.45, 7) is 5.23. The van der Waals surface area contributed by atoms with Crippen molar-refractivity contribution >= 4 is 5.91 Å². The van der Waals surface area contributed by atoms with Crippen LogP contribution in [0, 0.1) is 5.92 Å². The number of hydrogen-bond acceptors (Lipinski definition) is 3. The lowest BCUT2D eigenvalue weighted by Gasteiger charge is -2.19. The Balaban J connectivity index is 2.19. The van der Waals surface area contributed by atoms with Crippen LogP contribution >= 0.6 is 0 Å². The van der Waals surface area contributed by atoms with Gasteiger partial charge in [-0.05, 0) is 30.5 Å². The third kappa shape index (κ3) is 3.12. The second-order valence-corrected chi connectivity index (χ2v) is 5.50. The molecule has 0 aromatic heterocycles. The highest BCUT2D eigenvalue weighted by molar-refractivity contribution is 5.78. The van der Waals surface area contributed by atoms with Crippen molar-refractivity contribution in [3.8, 4) is 5.75 Å². The summed E-state index contributed by atoms with van der Waals surface area (Å²) in [6, 6.07) is 5.64. The van der Waals surface area contributed by atoms with Gasteiger partial charge >= 0.3 is 0 Å². The quantitative estimate of drug-likeness (QED) is 0.899. The minimum atomic E-state index is -0.516. The minimum absolute atomic E-state index is 0.210. The van der Waals surface area contributed by atoms with Crippen LogP contribution in [-0.4, -0.2) is 29.6 Å². The summed E-state index contributed by atoms with van der Waals surface area (Å²) >= 11 is 0. The van der Waals surface area contributed by atoms with Crippen LogP contribution in [0.15, 0.2) is 18.2 Å². The molecule has 1 amide bonds. The lowest BCUT2D eigenvalue weighted by atomic mass is 10.1. The number of methoxy groups -OCH3 is 1. The van der Waals surface area contributed by atoms with E-state index in [9.17, 15) is 9.90 Å². The molecular weight excluding hydrogens is 254 g/mol. The van der Waals surface area contributed by atoms with Gasteiger partial charge in [0.1, 0.15) is 5.75 Å². The van der Waals surface area contributed by atoms with Gasteiger partial charge in [-0.3, -0.25) is 4.79 Å². The number of aliphatic hydroxyl groups excluding tert-OH is 1. The Morgan fingerprint density at radius 3 is 2.80 bits per heavy atom. The summed E-state index contributed by atoms with van der Waals surface area (Å²) in [4.78, 5) is 13.9. The van der Waals surface area contributed by atoms with Crippen molar-refractivity contribution in [1.82, 2.24) is 4.90 Å². The topological polar surface area (TPSA) is 49.8 Å². The van der Waals surface area contributed by atoms with Crippen molar-refractivity contribution in [1.29, 1.82) is 0 Å². The average Bonchev–Trinajstić information content (AvgIpc) is 2.79. The number of benzene rings is 1. The standard InChI is InChI=1S/C16H23NO3/c1-4-12-7-16(19)17(9-12)10-14-8-13(11(2)18)5-6-15(14)20-3/h5-6,8,11-12,18H,4,7,9-10H2,1-3H3. The zero-order valence-electron chi connectivity index (χ0n) is 12.4. The number of aliphatic hydroxyl groups is 1. The number of likely N-dealkylation sites (tertiary alicyclic amines) is 1. The summed E-state index contributed by atoms with van der Waals surface area (Å²) in [5.41, 5.74) is 1.80. The summed E-state index contributed by atoms with van der Waals surface area (Å²) in [5, 5.41) is 9.68. The molecule has 2 atom stereocenters. The fourth-order valence-corrected chi connectivity index (χ4v) is 2.67. The zero-order chi connectivity index (χ0) is 14.7. The Kier molecular flexibility index (Phi) is 4.65. The Labute approximate surface area is 120 Å². The molecule has 1 aromatic carbocycles. The molecule has 4 heteroatoms. The molecule has 1 aliphatic heterocycles. The largest absolute Gasteiger partial charge is 0.496 e. The first kappa shape index (κ1) is 14.9. The van der Waals surface area contributed by atoms with Crippen molar-refractivity contribution in [3.05, 3.63) is 29.3 Å². The fraction of sp³-hybridized carbons (Fsp3) is 0.562. The van der Waals surface area contributed by atoms with Crippen LogP contribution in [-0.2, 0) is 11.3 Å². The normalized spacial score (nSPS) is 20.3. The van der Waals surface area contributed by atoms with Gasteiger partial charge in [-0.25, -0.2) is 0 Å². The van der Waals surface area contributed by atoms with E-state index in [2.05, 4.69) is 6.92 Å². The van der Waals surface area contributed by atoms with Crippen molar-refractivity contribution in [2.45, 2.75) is 39.3 Å². The summed E-state index contributed by atoms with van der Waals surface area (Å²) in [5.74, 6) is 1.44. The highest BCUT2D eigenvalue weighted by Gasteiger charge is 2.28. The molecule has 1 saturated heterocycles. The lowest BCUT2D eigenvalue weighted by Crippen LogP contribution is -2.25. The Bertz CT molecular complexity index is 485. The van der Waals surface area contributed by atoms with Crippen LogP contribution in [0.4, 0.5) is 0 Å². The van der Waals surface area contributed by atoms with E-state index in [0.29, 0.717) is 18.9 Å². The Morgan fingerprint density at radius 2 is 2.25 bits per heavy atom. The summed E-state index contributed by atoms with van der Waals surface area (Å²) < 4.78 is 5.36. The van der Waals surface area contributed by atoms with Gasteiger partial charge in [0.05, 0.1) is 13.2 Å².